The summed E-state index contributed by atoms with van der Waals surface area (Å²) in [5, 5.41) is 16.7. The van der Waals surface area contributed by atoms with Crippen LogP contribution in [0, 0.1) is 6.92 Å². The predicted octanol–water partition coefficient (Wildman–Crippen LogP) is 2.36. The first kappa shape index (κ1) is 22.0. The number of nitrogens with zero attached hydrogens (tertiary/aromatic N) is 5. The molecule has 2 rings (SSSR count). The monoisotopic (exact) mass is 408 g/mol. The molecule has 0 saturated heterocycles. The Labute approximate surface area is 166 Å². The van der Waals surface area contributed by atoms with Crippen LogP contribution in [0.2, 0.25) is 0 Å². The zero-order chi connectivity index (χ0) is 20.9. The van der Waals surface area contributed by atoms with Crippen molar-refractivity contribution >= 4 is 21.6 Å². The van der Waals surface area contributed by atoms with Crippen molar-refractivity contribution in [3.8, 4) is 11.4 Å². The molecule has 1 heterocycles. The van der Waals surface area contributed by atoms with E-state index in [0.717, 1.165) is 49.1 Å². The summed E-state index contributed by atoms with van der Waals surface area (Å²) in [6, 6.07) is 3.26. The van der Waals surface area contributed by atoms with Crippen molar-refractivity contribution in [1.29, 1.82) is 0 Å². The molecule has 0 saturated carbocycles. The molecule has 28 heavy (non-hydrogen) atoms. The van der Waals surface area contributed by atoms with E-state index in [4.69, 9.17) is 5.14 Å². The molecule has 0 amide bonds. The van der Waals surface area contributed by atoms with Crippen LogP contribution in [-0.2, 0) is 10.0 Å². The van der Waals surface area contributed by atoms with Gasteiger partial charge in [-0.25, -0.2) is 13.6 Å². The van der Waals surface area contributed by atoms with Gasteiger partial charge in [0.1, 0.15) is 0 Å². The van der Waals surface area contributed by atoms with Gasteiger partial charge in [-0.15, -0.1) is 5.10 Å². The highest BCUT2D eigenvalue weighted by Crippen LogP contribution is 2.34. The molecule has 2 N–H and O–H groups in total. The van der Waals surface area contributed by atoms with Gasteiger partial charge in [0.25, 0.3) is 0 Å². The second-order valence-corrected chi connectivity index (χ2v) is 8.34. The summed E-state index contributed by atoms with van der Waals surface area (Å²) in [6.07, 6.45) is 4.02. The Balaban J connectivity index is 2.73. The first-order chi connectivity index (χ1) is 13.2. The van der Waals surface area contributed by atoms with Crippen LogP contribution in [0.25, 0.3) is 11.4 Å². The van der Waals surface area contributed by atoms with E-state index in [0.29, 0.717) is 11.1 Å². The lowest BCUT2D eigenvalue weighted by molar-refractivity contribution is 0.0921. The third-order valence-corrected chi connectivity index (χ3v) is 5.57. The number of hydrogen-bond donors (Lipinski definition) is 1. The normalized spacial score (nSPS) is 11.6. The van der Waals surface area contributed by atoms with Crippen LogP contribution in [0.1, 0.15) is 56.8 Å². The van der Waals surface area contributed by atoms with Crippen LogP contribution < -0.4 is 10.0 Å². The first-order valence-electron chi connectivity index (χ1n) is 9.42. The average Bonchev–Trinajstić information content (AvgIpc) is 3.10. The van der Waals surface area contributed by atoms with E-state index in [9.17, 15) is 13.2 Å². The number of carbonyl (C=O) groups excluding carboxylic acids is 1. The van der Waals surface area contributed by atoms with Gasteiger partial charge in [-0.1, -0.05) is 26.7 Å². The van der Waals surface area contributed by atoms with Crippen LogP contribution in [0.15, 0.2) is 17.0 Å². The van der Waals surface area contributed by atoms with Crippen LogP contribution in [0.5, 0.6) is 0 Å². The van der Waals surface area contributed by atoms with Crippen molar-refractivity contribution in [3.05, 3.63) is 17.7 Å². The van der Waals surface area contributed by atoms with Crippen LogP contribution in [0.3, 0.4) is 0 Å². The number of nitrogens with two attached hydrogens (primary N) is 1. The molecular formula is C18H28N6O3S. The fourth-order valence-electron chi connectivity index (χ4n) is 3.04. The maximum atomic E-state index is 12.1. The van der Waals surface area contributed by atoms with Crippen molar-refractivity contribution in [2.75, 3.05) is 18.0 Å². The van der Waals surface area contributed by atoms with Crippen molar-refractivity contribution in [3.63, 3.8) is 0 Å². The maximum absolute atomic E-state index is 12.1. The van der Waals surface area contributed by atoms with Gasteiger partial charge in [0.05, 0.1) is 4.90 Å². The van der Waals surface area contributed by atoms with Gasteiger partial charge in [-0.3, -0.25) is 4.79 Å². The van der Waals surface area contributed by atoms with E-state index in [1.807, 2.05) is 0 Å². The van der Waals surface area contributed by atoms with E-state index in [2.05, 4.69) is 34.3 Å². The molecule has 1 aromatic carbocycles. The summed E-state index contributed by atoms with van der Waals surface area (Å²) in [6.45, 7) is 8.90. The zero-order valence-electron chi connectivity index (χ0n) is 16.8. The summed E-state index contributed by atoms with van der Waals surface area (Å²) < 4.78 is 25.2. The summed E-state index contributed by atoms with van der Waals surface area (Å²) >= 11 is 0. The fourth-order valence-corrected chi connectivity index (χ4v) is 3.83. The highest BCUT2D eigenvalue weighted by molar-refractivity contribution is 7.89. The van der Waals surface area contributed by atoms with E-state index >= 15 is 0 Å². The van der Waals surface area contributed by atoms with Crippen molar-refractivity contribution < 1.29 is 13.2 Å². The topological polar surface area (TPSA) is 124 Å². The highest BCUT2D eigenvalue weighted by Gasteiger charge is 2.24. The minimum Gasteiger partial charge on any atom is -0.371 e. The zero-order valence-corrected chi connectivity index (χ0v) is 17.7. The molecular weight excluding hydrogens is 380 g/mol. The smallest absolute Gasteiger partial charge is 0.247 e. The Bertz CT molecular complexity index is 931. The van der Waals surface area contributed by atoms with Gasteiger partial charge in [0.2, 0.25) is 15.9 Å². The second kappa shape index (κ2) is 9.24. The molecule has 154 valence electrons. The number of aryl methyl sites for hydroxylation is 1. The van der Waals surface area contributed by atoms with Crippen molar-refractivity contribution in [1.82, 2.24) is 20.2 Å². The molecule has 0 aliphatic heterocycles. The summed E-state index contributed by atoms with van der Waals surface area (Å²) in [5.41, 5.74) is 1.81. The van der Waals surface area contributed by atoms with E-state index < -0.39 is 10.0 Å². The molecule has 9 nitrogen and oxygen atoms in total. The molecule has 0 bridgehead atoms. The number of tetrazole rings is 1. The third-order valence-electron chi connectivity index (χ3n) is 4.51. The number of anilines is 1. The Morgan fingerprint density at radius 3 is 2.29 bits per heavy atom. The number of carbonyl (C=O) groups is 1. The van der Waals surface area contributed by atoms with Gasteiger partial charge in [-0.05, 0) is 47.9 Å². The molecule has 0 aliphatic rings. The molecule has 0 fully saturated rings. The van der Waals surface area contributed by atoms with Gasteiger partial charge < -0.3 is 4.90 Å². The van der Waals surface area contributed by atoms with Gasteiger partial charge in [0.15, 0.2) is 5.82 Å². The SMILES string of the molecule is CCCCN(CCCC)c1cc(C)c(S(N)(=O)=O)cc1-c1nnnn1C(C)=O. The minimum atomic E-state index is -3.94. The van der Waals surface area contributed by atoms with Gasteiger partial charge >= 0.3 is 0 Å². The molecule has 0 aliphatic carbocycles. The molecule has 0 unspecified atom stereocenters. The predicted molar refractivity (Wildman–Crippen MR) is 108 cm³/mol. The molecule has 0 radical (unpaired) electrons. The summed E-state index contributed by atoms with van der Waals surface area (Å²) in [5.74, 6) is -0.164. The molecule has 0 atom stereocenters. The molecule has 10 heteroatoms. The largest absolute Gasteiger partial charge is 0.371 e. The van der Waals surface area contributed by atoms with Crippen LogP contribution in [0.4, 0.5) is 5.69 Å². The van der Waals surface area contributed by atoms with Crippen molar-refractivity contribution in [2.45, 2.75) is 58.3 Å². The van der Waals surface area contributed by atoms with E-state index in [1.165, 1.54) is 13.0 Å². The standard InChI is InChI=1S/C18H28N6O3S/c1-5-7-9-23(10-8-6-2)16-11-13(3)17(28(19,26)27)12-15(16)18-20-21-22-24(18)14(4)25/h11-12H,5-10H2,1-4H3,(H2,19,26,27). The summed E-state index contributed by atoms with van der Waals surface area (Å²) in [7, 11) is -3.94. The first-order valence-corrected chi connectivity index (χ1v) is 11.0. The van der Waals surface area contributed by atoms with E-state index in [1.54, 1.807) is 13.0 Å². The summed E-state index contributed by atoms with van der Waals surface area (Å²) in [4.78, 5) is 14.1. The lowest BCUT2D eigenvalue weighted by atomic mass is 10.1. The Kier molecular flexibility index (Phi) is 7.25. The number of sulfonamides is 1. The Morgan fingerprint density at radius 1 is 1.18 bits per heavy atom. The highest BCUT2D eigenvalue weighted by atomic mass is 32.2. The van der Waals surface area contributed by atoms with Gasteiger partial charge in [0, 0.05) is 31.3 Å². The lowest BCUT2D eigenvalue weighted by Gasteiger charge is -2.28. The van der Waals surface area contributed by atoms with Gasteiger partial charge in [-0.2, -0.15) is 4.68 Å². The van der Waals surface area contributed by atoms with Crippen LogP contribution in [-0.4, -0.2) is 47.6 Å². The number of aromatic nitrogens is 4. The van der Waals surface area contributed by atoms with E-state index in [-0.39, 0.29) is 16.6 Å². The quantitative estimate of drug-likeness (QED) is 0.632. The van der Waals surface area contributed by atoms with Crippen LogP contribution >= 0.6 is 0 Å². The number of unbranched alkanes of at least 4 members (excludes halogenated alkanes) is 2. The number of rotatable bonds is 9. The number of benzene rings is 1. The Hall–Kier alpha value is -2.33. The minimum absolute atomic E-state index is 0.00437. The molecule has 1 aromatic heterocycles. The lowest BCUT2D eigenvalue weighted by Crippen LogP contribution is -2.27. The average molecular weight is 409 g/mol. The number of hydrogen-bond acceptors (Lipinski definition) is 7. The molecule has 2 aromatic rings. The van der Waals surface area contributed by atoms with Crippen molar-refractivity contribution in [2.24, 2.45) is 5.14 Å². The second-order valence-electron chi connectivity index (χ2n) is 6.81. The molecule has 0 spiro atoms. The Morgan fingerprint density at radius 2 is 1.79 bits per heavy atom. The number of primary sulfonamides is 1. The fraction of sp³-hybridized carbons (Fsp3) is 0.556. The maximum Gasteiger partial charge on any atom is 0.247 e. The third kappa shape index (κ3) is 4.93.